The number of aromatic nitrogens is 3. The number of hydrogen-bond donors (Lipinski definition) is 3. The number of hydrogen-bond acceptors (Lipinski definition) is 7. The number of aryl methyl sites for hydroxylation is 1. The van der Waals surface area contributed by atoms with E-state index in [4.69, 9.17) is 31.2 Å². The number of carbonyl (C=O) groups is 2. The number of fused-ring (bicyclic) bond motifs is 3. The number of aliphatic imine (C=N–C) groups is 1. The first-order valence-corrected chi connectivity index (χ1v) is 13.1. The molecule has 1 amide bonds. The minimum absolute atomic E-state index is 0.0353. The van der Waals surface area contributed by atoms with Crippen molar-refractivity contribution < 1.29 is 32.6 Å². The molecule has 1 saturated heterocycles. The monoisotopic (exact) mass is 592 g/mol. The molecule has 1 fully saturated rings. The summed E-state index contributed by atoms with van der Waals surface area (Å²) in [5.74, 6) is -0.694. The summed E-state index contributed by atoms with van der Waals surface area (Å²) in [5.41, 5.74) is 3.44. The van der Waals surface area contributed by atoms with E-state index in [1.807, 2.05) is 54.0 Å². The zero-order valence-corrected chi connectivity index (χ0v) is 23.0. The van der Waals surface area contributed by atoms with Gasteiger partial charge in [-0.25, -0.2) is 4.79 Å². The minimum Gasteiger partial charge on any atom is -0.497 e. The smallest absolute Gasteiger partial charge is 0.490 e. The van der Waals surface area contributed by atoms with Crippen molar-refractivity contribution in [2.24, 2.45) is 4.99 Å². The summed E-state index contributed by atoms with van der Waals surface area (Å²) in [6, 6.07) is 13.1. The van der Waals surface area contributed by atoms with E-state index in [-0.39, 0.29) is 18.4 Å². The Morgan fingerprint density at radius 3 is 2.41 bits per heavy atom. The van der Waals surface area contributed by atoms with E-state index in [9.17, 15) is 18.0 Å². The first kappa shape index (κ1) is 30.0. The quantitative estimate of drug-likeness (QED) is 0.408. The highest BCUT2D eigenvalue weighted by Gasteiger charge is 2.38. The van der Waals surface area contributed by atoms with Gasteiger partial charge in [-0.1, -0.05) is 23.7 Å². The maximum Gasteiger partial charge on any atom is 0.490 e. The molecule has 10 nitrogen and oxygen atoms in total. The van der Waals surface area contributed by atoms with Crippen molar-refractivity contribution in [3.8, 4) is 11.4 Å². The molecule has 218 valence electrons. The number of nitrogens with zero attached hydrogens (tertiary/aromatic N) is 4. The van der Waals surface area contributed by atoms with Crippen molar-refractivity contribution in [2.45, 2.75) is 44.4 Å². The van der Waals surface area contributed by atoms with E-state index >= 15 is 0 Å². The van der Waals surface area contributed by atoms with Gasteiger partial charge in [0.2, 0.25) is 5.91 Å². The van der Waals surface area contributed by atoms with Crippen LogP contribution in [0.3, 0.4) is 0 Å². The molecule has 0 spiro atoms. The molecule has 14 heteroatoms. The topological polar surface area (TPSA) is 131 Å². The summed E-state index contributed by atoms with van der Waals surface area (Å²) in [4.78, 5) is 27.1. The van der Waals surface area contributed by atoms with Crippen LogP contribution >= 0.6 is 11.6 Å². The molecule has 0 radical (unpaired) electrons. The Balaban J connectivity index is 0.000000493. The van der Waals surface area contributed by atoms with Crippen molar-refractivity contribution in [3.63, 3.8) is 0 Å². The standard InChI is InChI=1S/C25H27ClN6O2.C2HF3O2/c1-15-30-31-25-21(14-23(33)28-18-9-11-27-12-10-18)29-24(16-3-5-17(26)6-4-16)20-13-19(34-2)7-8-22(20)32(15)25;3-2(4,5)1(6)7/h3-8,13,18,21,27H,9-12,14H2,1-2H3,(H,28,33);(H,6,7)/t21-;/m0./s1. The van der Waals surface area contributed by atoms with E-state index in [0.717, 1.165) is 60.0 Å². The Kier molecular flexibility index (Phi) is 9.28. The number of piperidine rings is 1. The highest BCUT2D eigenvalue weighted by Crippen LogP contribution is 2.34. The first-order chi connectivity index (χ1) is 19.5. The molecule has 41 heavy (non-hydrogen) atoms. The third-order valence-electron chi connectivity index (χ3n) is 6.58. The van der Waals surface area contributed by atoms with Gasteiger partial charge in [-0.15, -0.1) is 10.2 Å². The Morgan fingerprint density at radius 1 is 1.15 bits per heavy atom. The second-order valence-corrected chi connectivity index (χ2v) is 9.86. The van der Waals surface area contributed by atoms with Crippen molar-refractivity contribution in [3.05, 3.63) is 70.3 Å². The predicted molar refractivity (Wildman–Crippen MR) is 145 cm³/mol. The fraction of sp³-hybridized carbons (Fsp3) is 0.370. The third kappa shape index (κ3) is 7.22. The van der Waals surface area contributed by atoms with Gasteiger partial charge in [-0.2, -0.15) is 13.2 Å². The molecule has 2 aromatic carbocycles. The fourth-order valence-corrected chi connectivity index (χ4v) is 4.73. The molecule has 0 saturated carbocycles. The van der Waals surface area contributed by atoms with E-state index in [0.29, 0.717) is 10.8 Å². The normalized spacial score (nSPS) is 16.7. The molecule has 2 aliphatic heterocycles. The summed E-state index contributed by atoms with van der Waals surface area (Å²) in [6.07, 6.45) is -3.04. The van der Waals surface area contributed by atoms with Crippen LogP contribution in [0, 0.1) is 6.92 Å². The van der Waals surface area contributed by atoms with Crippen LogP contribution in [0.5, 0.6) is 5.75 Å². The number of rotatable bonds is 5. The van der Waals surface area contributed by atoms with Crippen molar-refractivity contribution in [2.75, 3.05) is 20.2 Å². The highest BCUT2D eigenvalue weighted by molar-refractivity contribution is 6.30. The Labute approximate surface area is 238 Å². The van der Waals surface area contributed by atoms with Gasteiger partial charge in [0.1, 0.15) is 17.6 Å². The van der Waals surface area contributed by atoms with E-state index in [2.05, 4.69) is 20.8 Å². The predicted octanol–water partition coefficient (Wildman–Crippen LogP) is 4.02. The molecule has 0 aliphatic carbocycles. The molecule has 3 N–H and O–H groups in total. The molecule has 1 aromatic heterocycles. The van der Waals surface area contributed by atoms with Gasteiger partial charge >= 0.3 is 12.1 Å². The molecule has 2 aliphatic rings. The number of carboxylic acid groups (broad SMARTS) is 1. The molecule has 3 heterocycles. The van der Waals surface area contributed by atoms with Crippen molar-refractivity contribution >= 4 is 29.2 Å². The number of carbonyl (C=O) groups excluding carboxylic acids is 1. The lowest BCUT2D eigenvalue weighted by Crippen LogP contribution is -2.43. The van der Waals surface area contributed by atoms with Crippen LogP contribution in [0.1, 0.15) is 48.1 Å². The lowest BCUT2D eigenvalue weighted by molar-refractivity contribution is -0.192. The van der Waals surface area contributed by atoms with Gasteiger partial charge < -0.3 is 20.5 Å². The summed E-state index contributed by atoms with van der Waals surface area (Å²) in [5, 5.41) is 23.0. The number of aliphatic carboxylic acids is 1. The molecule has 0 unspecified atom stereocenters. The summed E-state index contributed by atoms with van der Waals surface area (Å²) >= 11 is 6.16. The number of carboxylic acids is 1. The van der Waals surface area contributed by atoms with Crippen molar-refractivity contribution in [1.29, 1.82) is 0 Å². The maximum atomic E-state index is 13.1. The minimum atomic E-state index is -5.08. The zero-order valence-electron chi connectivity index (χ0n) is 22.2. The van der Waals surface area contributed by atoms with Crippen LogP contribution < -0.4 is 15.4 Å². The van der Waals surface area contributed by atoms with Gasteiger partial charge in [-0.3, -0.25) is 14.4 Å². The van der Waals surface area contributed by atoms with E-state index in [1.54, 1.807) is 7.11 Å². The lowest BCUT2D eigenvalue weighted by Gasteiger charge is -2.24. The van der Waals surface area contributed by atoms with Gasteiger partial charge in [0.05, 0.1) is 24.9 Å². The Morgan fingerprint density at radius 2 is 1.80 bits per heavy atom. The van der Waals surface area contributed by atoms with Gasteiger partial charge in [-0.05, 0) is 63.2 Å². The number of amides is 1. The fourth-order valence-electron chi connectivity index (χ4n) is 4.61. The third-order valence-corrected chi connectivity index (χ3v) is 6.83. The second kappa shape index (κ2) is 12.7. The average molecular weight is 593 g/mol. The first-order valence-electron chi connectivity index (χ1n) is 12.7. The summed E-state index contributed by atoms with van der Waals surface area (Å²) in [7, 11) is 1.64. The van der Waals surface area contributed by atoms with Gasteiger partial charge in [0.15, 0.2) is 5.82 Å². The molecule has 1 atom stereocenters. The maximum absolute atomic E-state index is 13.1. The summed E-state index contributed by atoms with van der Waals surface area (Å²) < 4.78 is 39.2. The number of methoxy groups -OCH3 is 1. The van der Waals surface area contributed by atoms with Crippen LogP contribution in [0.15, 0.2) is 47.5 Å². The van der Waals surface area contributed by atoms with Gasteiger partial charge in [0.25, 0.3) is 0 Å². The van der Waals surface area contributed by atoms with Crippen LogP contribution in [-0.2, 0) is 9.59 Å². The molecular formula is C27H28ClF3N6O4. The molecule has 3 aromatic rings. The number of halogens is 4. The average Bonchev–Trinajstić information content (AvgIpc) is 3.26. The zero-order chi connectivity index (χ0) is 29.7. The Bertz CT molecular complexity index is 1440. The summed E-state index contributed by atoms with van der Waals surface area (Å²) in [6.45, 7) is 3.74. The SMILES string of the molecule is COc1ccc2c(c1)C(c1ccc(Cl)cc1)=N[C@@H](CC(=O)NC1CCNCC1)c1nnc(C)n1-2.O=C(O)C(F)(F)F. The largest absolute Gasteiger partial charge is 0.497 e. The Hall–Kier alpha value is -3.97. The van der Waals surface area contributed by atoms with Crippen LogP contribution in [-0.4, -0.2) is 69.9 Å². The van der Waals surface area contributed by atoms with Crippen molar-refractivity contribution in [1.82, 2.24) is 25.4 Å². The number of benzene rings is 2. The number of alkyl halides is 3. The van der Waals surface area contributed by atoms with E-state index in [1.165, 1.54) is 0 Å². The lowest BCUT2D eigenvalue weighted by atomic mass is 10.00. The van der Waals surface area contributed by atoms with Crippen LogP contribution in [0.25, 0.3) is 5.69 Å². The van der Waals surface area contributed by atoms with Crippen LogP contribution in [0.2, 0.25) is 5.02 Å². The number of nitrogens with one attached hydrogen (secondary N) is 2. The molecule has 5 rings (SSSR count). The number of ether oxygens (including phenoxy) is 1. The van der Waals surface area contributed by atoms with Gasteiger partial charge in [0, 0.05) is 22.2 Å². The van der Waals surface area contributed by atoms with E-state index < -0.39 is 18.2 Å². The molecule has 0 bridgehead atoms. The highest BCUT2D eigenvalue weighted by atomic mass is 35.5. The second-order valence-electron chi connectivity index (χ2n) is 9.42. The molecular weight excluding hydrogens is 565 g/mol. The van der Waals surface area contributed by atoms with Crippen LogP contribution in [0.4, 0.5) is 13.2 Å².